The number of ether oxygens (including phenoxy) is 3. The average Bonchev–Trinajstić information content (AvgIpc) is 3.34. The van der Waals surface area contributed by atoms with Crippen LogP contribution in [-0.2, 0) is 16.1 Å². The van der Waals surface area contributed by atoms with E-state index in [4.69, 9.17) is 13.9 Å². The maximum Gasteiger partial charge on any atom is 0.373 e. The molecule has 0 bridgehead atoms. The van der Waals surface area contributed by atoms with E-state index in [0.29, 0.717) is 35.9 Å². The van der Waals surface area contributed by atoms with Crippen molar-refractivity contribution in [3.05, 3.63) is 47.4 Å². The number of nitrogens with one attached hydrogen (secondary N) is 1. The Bertz CT molecular complexity index is 1050. The fraction of sp³-hybridized carbons (Fsp3) is 0.364. The SMILES string of the molecule is CCOc1cc(/C=N/N2C(=O)NC(C)(CC)C2=O)ccc1OCc1ccc(C(=O)OC)o1. The van der Waals surface area contributed by atoms with Gasteiger partial charge in [-0.1, -0.05) is 6.92 Å². The Morgan fingerprint density at radius 3 is 2.62 bits per heavy atom. The molecule has 10 nitrogen and oxygen atoms in total. The van der Waals surface area contributed by atoms with Gasteiger partial charge < -0.3 is 23.9 Å². The van der Waals surface area contributed by atoms with Gasteiger partial charge in [0.05, 0.1) is 19.9 Å². The van der Waals surface area contributed by atoms with Crippen LogP contribution in [0.2, 0.25) is 0 Å². The van der Waals surface area contributed by atoms with Crippen LogP contribution in [0.15, 0.2) is 39.9 Å². The molecule has 1 saturated heterocycles. The molecular weight excluding hydrogens is 418 g/mol. The molecule has 1 unspecified atom stereocenters. The molecule has 0 aliphatic carbocycles. The number of esters is 1. The summed E-state index contributed by atoms with van der Waals surface area (Å²) in [5.74, 6) is 0.453. The van der Waals surface area contributed by atoms with Crippen molar-refractivity contribution in [1.29, 1.82) is 0 Å². The molecule has 1 fully saturated rings. The van der Waals surface area contributed by atoms with E-state index in [1.165, 1.54) is 19.4 Å². The van der Waals surface area contributed by atoms with Gasteiger partial charge in [-0.2, -0.15) is 5.10 Å². The minimum Gasteiger partial charge on any atom is -0.490 e. The summed E-state index contributed by atoms with van der Waals surface area (Å²) in [7, 11) is 1.27. The molecule has 10 heteroatoms. The summed E-state index contributed by atoms with van der Waals surface area (Å²) in [6, 6.07) is 7.63. The number of imide groups is 1. The summed E-state index contributed by atoms with van der Waals surface area (Å²) in [6.45, 7) is 5.78. The third-order valence-corrected chi connectivity index (χ3v) is 4.95. The van der Waals surface area contributed by atoms with Gasteiger partial charge in [0.25, 0.3) is 5.91 Å². The highest BCUT2D eigenvalue weighted by Gasteiger charge is 2.46. The first kappa shape index (κ1) is 22.9. The summed E-state index contributed by atoms with van der Waals surface area (Å²) < 4.78 is 21.4. The van der Waals surface area contributed by atoms with Gasteiger partial charge in [0, 0.05) is 0 Å². The second kappa shape index (κ2) is 9.54. The standard InChI is InChI=1S/C22H25N3O7/c1-5-22(3)20(27)25(21(28)24-22)23-12-14-7-9-16(18(11-14)30-6-2)31-13-15-8-10-17(32-15)19(26)29-4/h7-12H,5-6,13H2,1-4H3,(H,24,28)/b23-12+. The van der Waals surface area contributed by atoms with E-state index in [1.807, 2.05) is 13.8 Å². The van der Waals surface area contributed by atoms with Crippen molar-refractivity contribution < 1.29 is 33.0 Å². The topological polar surface area (TPSA) is 120 Å². The molecule has 1 atom stereocenters. The predicted molar refractivity (Wildman–Crippen MR) is 114 cm³/mol. The number of hydrogen-bond acceptors (Lipinski definition) is 8. The third-order valence-electron chi connectivity index (χ3n) is 4.95. The van der Waals surface area contributed by atoms with Crippen molar-refractivity contribution >= 4 is 24.1 Å². The third kappa shape index (κ3) is 4.74. The number of carbonyl (C=O) groups excluding carboxylic acids is 3. The quantitative estimate of drug-likeness (QED) is 0.359. The summed E-state index contributed by atoms with van der Waals surface area (Å²) in [5, 5.41) is 7.51. The van der Waals surface area contributed by atoms with Gasteiger partial charge in [-0.3, -0.25) is 4.79 Å². The fourth-order valence-corrected chi connectivity index (χ4v) is 2.94. The molecule has 3 rings (SSSR count). The van der Waals surface area contributed by atoms with Crippen molar-refractivity contribution in [3.8, 4) is 11.5 Å². The van der Waals surface area contributed by atoms with Crippen LogP contribution in [-0.4, -0.2) is 48.4 Å². The monoisotopic (exact) mass is 443 g/mol. The lowest BCUT2D eigenvalue weighted by atomic mass is 10.00. The summed E-state index contributed by atoms with van der Waals surface area (Å²) in [6.07, 6.45) is 1.86. The van der Waals surface area contributed by atoms with Crippen molar-refractivity contribution in [2.24, 2.45) is 5.10 Å². The highest BCUT2D eigenvalue weighted by molar-refractivity contribution is 6.07. The first-order chi connectivity index (χ1) is 15.3. The van der Waals surface area contributed by atoms with Crippen LogP contribution in [0.4, 0.5) is 4.79 Å². The van der Waals surface area contributed by atoms with Crippen molar-refractivity contribution in [3.63, 3.8) is 0 Å². The molecule has 32 heavy (non-hydrogen) atoms. The number of carbonyl (C=O) groups is 3. The fourth-order valence-electron chi connectivity index (χ4n) is 2.94. The Kier molecular flexibility index (Phi) is 6.82. The molecule has 1 aliphatic heterocycles. The average molecular weight is 443 g/mol. The molecule has 2 aromatic rings. The summed E-state index contributed by atoms with van der Waals surface area (Å²) >= 11 is 0. The van der Waals surface area contributed by atoms with Crippen LogP contribution in [0, 0.1) is 0 Å². The van der Waals surface area contributed by atoms with E-state index in [9.17, 15) is 14.4 Å². The number of furan rings is 1. The number of benzene rings is 1. The minimum atomic E-state index is -0.956. The molecule has 170 valence electrons. The molecule has 0 saturated carbocycles. The molecule has 0 spiro atoms. The van der Waals surface area contributed by atoms with E-state index >= 15 is 0 Å². The lowest BCUT2D eigenvalue weighted by molar-refractivity contribution is -0.130. The van der Waals surface area contributed by atoms with Crippen molar-refractivity contribution in [1.82, 2.24) is 10.3 Å². The van der Waals surface area contributed by atoms with Crippen LogP contribution >= 0.6 is 0 Å². The van der Waals surface area contributed by atoms with Gasteiger partial charge >= 0.3 is 12.0 Å². The second-order valence-corrected chi connectivity index (χ2v) is 7.16. The maximum atomic E-state index is 12.4. The first-order valence-corrected chi connectivity index (χ1v) is 10.1. The van der Waals surface area contributed by atoms with Gasteiger partial charge in [0.15, 0.2) is 11.5 Å². The zero-order valence-corrected chi connectivity index (χ0v) is 18.3. The van der Waals surface area contributed by atoms with Gasteiger partial charge in [0.1, 0.15) is 17.9 Å². The van der Waals surface area contributed by atoms with E-state index in [2.05, 4.69) is 15.2 Å². The maximum absolute atomic E-state index is 12.4. The molecule has 2 heterocycles. The van der Waals surface area contributed by atoms with E-state index in [0.717, 1.165) is 5.01 Å². The minimum absolute atomic E-state index is 0.0720. The van der Waals surface area contributed by atoms with Crippen LogP contribution in [0.25, 0.3) is 0 Å². The lowest BCUT2D eigenvalue weighted by Gasteiger charge is -2.17. The summed E-state index contributed by atoms with van der Waals surface area (Å²) in [4.78, 5) is 36.0. The van der Waals surface area contributed by atoms with Crippen LogP contribution in [0.5, 0.6) is 11.5 Å². The number of rotatable bonds is 9. The van der Waals surface area contributed by atoms with Gasteiger partial charge in [-0.25, -0.2) is 9.59 Å². The van der Waals surface area contributed by atoms with Crippen LogP contribution in [0.1, 0.15) is 49.1 Å². The van der Waals surface area contributed by atoms with E-state index < -0.39 is 23.4 Å². The largest absolute Gasteiger partial charge is 0.490 e. The van der Waals surface area contributed by atoms with Crippen molar-refractivity contribution in [2.45, 2.75) is 39.3 Å². The second-order valence-electron chi connectivity index (χ2n) is 7.16. The Labute approximate surface area is 185 Å². The lowest BCUT2D eigenvalue weighted by Crippen LogP contribution is -2.42. The highest BCUT2D eigenvalue weighted by Crippen LogP contribution is 2.29. The smallest absolute Gasteiger partial charge is 0.373 e. The van der Waals surface area contributed by atoms with Gasteiger partial charge in [-0.15, -0.1) is 5.01 Å². The molecule has 3 amide bonds. The normalized spacial score (nSPS) is 18.2. The number of amides is 3. The van der Waals surface area contributed by atoms with Crippen LogP contribution in [0.3, 0.4) is 0 Å². The van der Waals surface area contributed by atoms with Gasteiger partial charge in [-0.05, 0) is 56.2 Å². The number of nitrogens with zero attached hydrogens (tertiary/aromatic N) is 2. The predicted octanol–water partition coefficient (Wildman–Crippen LogP) is 3.10. The molecule has 1 aromatic heterocycles. The number of hydrazone groups is 1. The Morgan fingerprint density at radius 1 is 1.19 bits per heavy atom. The van der Waals surface area contributed by atoms with Gasteiger partial charge in [0.2, 0.25) is 5.76 Å². The number of methoxy groups -OCH3 is 1. The van der Waals surface area contributed by atoms with Crippen molar-refractivity contribution in [2.75, 3.05) is 13.7 Å². The Morgan fingerprint density at radius 2 is 1.97 bits per heavy atom. The Hall–Kier alpha value is -3.82. The molecular formula is C22H25N3O7. The molecule has 1 aliphatic rings. The zero-order valence-electron chi connectivity index (χ0n) is 18.3. The number of hydrogen-bond donors (Lipinski definition) is 1. The Balaban J connectivity index is 1.72. The van der Waals surface area contributed by atoms with E-state index in [-0.39, 0.29) is 12.4 Å². The molecule has 1 N–H and O–H groups in total. The number of urea groups is 1. The summed E-state index contributed by atoms with van der Waals surface area (Å²) in [5.41, 5.74) is -0.347. The molecule has 1 aromatic carbocycles. The molecule has 0 radical (unpaired) electrons. The highest BCUT2D eigenvalue weighted by atomic mass is 16.5. The first-order valence-electron chi connectivity index (χ1n) is 10.1. The zero-order chi connectivity index (χ0) is 23.3. The van der Waals surface area contributed by atoms with E-state index in [1.54, 1.807) is 31.2 Å². The van der Waals surface area contributed by atoms with Crippen LogP contribution < -0.4 is 14.8 Å².